The molecule has 0 spiro atoms. The minimum absolute atomic E-state index is 0.264. The standard InChI is InChI=1S/C14H15NO4/c1-19-14(18)11-12(16)10(8-15-13(11)17)7-9-5-3-2-4-6-9/h2-6,10-11H,7-8H2,1H3,(H,15,17). The van der Waals surface area contributed by atoms with Crippen LogP contribution in [0.25, 0.3) is 0 Å². The maximum absolute atomic E-state index is 12.2. The summed E-state index contributed by atoms with van der Waals surface area (Å²) < 4.78 is 4.51. The highest BCUT2D eigenvalue weighted by atomic mass is 16.5. The van der Waals surface area contributed by atoms with Gasteiger partial charge >= 0.3 is 5.97 Å². The second-order valence-corrected chi connectivity index (χ2v) is 4.49. The van der Waals surface area contributed by atoms with E-state index in [1.807, 2.05) is 30.3 Å². The van der Waals surface area contributed by atoms with Crippen molar-refractivity contribution in [1.82, 2.24) is 5.32 Å². The Labute approximate surface area is 110 Å². The summed E-state index contributed by atoms with van der Waals surface area (Å²) in [5, 5.41) is 2.59. The van der Waals surface area contributed by atoms with E-state index in [4.69, 9.17) is 0 Å². The number of methoxy groups -OCH3 is 1. The Morgan fingerprint density at radius 1 is 1.32 bits per heavy atom. The van der Waals surface area contributed by atoms with Gasteiger partial charge < -0.3 is 10.1 Å². The number of piperidine rings is 1. The predicted octanol–water partition coefficient (Wildman–Crippen LogP) is 0.333. The Morgan fingerprint density at radius 2 is 2.00 bits per heavy atom. The van der Waals surface area contributed by atoms with E-state index in [1.54, 1.807) is 0 Å². The van der Waals surface area contributed by atoms with E-state index in [0.717, 1.165) is 5.56 Å². The van der Waals surface area contributed by atoms with Gasteiger partial charge in [-0.05, 0) is 12.0 Å². The molecular weight excluding hydrogens is 246 g/mol. The second kappa shape index (κ2) is 5.65. The first-order chi connectivity index (χ1) is 9.13. The van der Waals surface area contributed by atoms with Gasteiger partial charge in [0, 0.05) is 12.5 Å². The van der Waals surface area contributed by atoms with Crippen LogP contribution in [0.5, 0.6) is 0 Å². The number of esters is 1. The van der Waals surface area contributed by atoms with Crippen molar-refractivity contribution < 1.29 is 19.1 Å². The number of hydrogen-bond donors (Lipinski definition) is 1. The van der Waals surface area contributed by atoms with Gasteiger partial charge in [0.25, 0.3) is 0 Å². The number of hydrogen-bond acceptors (Lipinski definition) is 4. The molecule has 0 aliphatic carbocycles. The van der Waals surface area contributed by atoms with Crippen LogP contribution in [0.15, 0.2) is 30.3 Å². The summed E-state index contributed by atoms with van der Waals surface area (Å²) in [6.07, 6.45) is 0.507. The third-order valence-electron chi connectivity index (χ3n) is 3.23. The van der Waals surface area contributed by atoms with Crippen LogP contribution in [0.2, 0.25) is 0 Å². The quantitative estimate of drug-likeness (QED) is 0.629. The molecule has 1 aromatic rings. The third kappa shape index (κ3) is 2.81. The molecule has 5 nitrogen and oxygen atoms in total. The topological polar surface area (TPSA) is 72.5 Å². The molecule has 1 heterocycles. The van der Waals surface area contributed by atoms with Gasteiger partial charge in [0.2, 0.25) is 5.91 Å². The Hall–Kier alpha value is -2.17. The Morgan fingerprint density at radius 3 is 2.63 bits per heavy atom. The summed E-state index contributed by atoms with van der Waals surface area (Å²) in [5.74, 6) is -3.43. The van der Waals surface area contributed by atoms with E-state index in [9.17, 15) is 14.4 Å². The fraction of sp³-hybridized carbons (Fsp3) is 0.357. The number of Topliss-reactive ketones (excluding diaryl/α,β-unsaturated/α-hetero) is 1. The average molecular weight is 261 g/mol. The van der Waals surface area contributed by atoms with Crippen LogP contribution in [0, 0.1) is 11.8 Å². The molecule has 0 bridgehead atoms. The van der Waals surface area contributed by atoms with E-state index in [-0.39, 0.29) is 18.2 Å². The van der Waals surface area contributed by atoms with Crippen LogP contribution in [0.4, 0.5) is 0 Å². The van der Waals surface area contributed by atoms with Crippen LogP contribution in [-0.2, 0) is 25.5 Å². The average Bonchev–Trinajstić information content (AvgIpc) is 2.43. The zero-order valence-electron chi connectivity index (χ0n) is 10.6. The van der Waals surface area contributed by atoms with Crippen molar-refractivity contribution in [2.75, 3.05) is 13.7 Å². The van der Waals surface area contributed by atoms with Crippen molar-refractivity contribution in [1.29, 1.82) is 0 Å². The van der Waals surface area contributed by atoms with Crippen molar-refractivity contribution in [2.24, 2.45) is 11.8 Å². The number of nitrogens with one attached hydrogen (secondary N) is 1. The van der Waals surface area contributed by atoms with Crippen LogP contribution < -0.4 is 5.32 Å². The lowest BCUT2D eigenvalue weighted by Gasteiger charge is -2.26. The molecule has 0 radical (unpaired) electrons. The van der Waals surface area contributed by atoms with Crippen molar-refractivity contribution in [2.45, 2.75) is 6.42 Å². The molecule has 0 saturated carbocycles. The van der Waals surface area contributed by atoms with Crippen LogP contribution in [0.3, 0.4) is 0 Å². The Kier molecular flexibility index (Phi) is 3.94. The molecule has 5 heteroatoms. The minimum atomic E-state index is -1.33. The summed E-state index contributed by atoms with van der Waals surface area (Å²) in [6.45, 7) is 0.264. The highest BCUT2D eigenvalue weighted by Gasteiger charge is 2.42. The van der Waals surface area contributed by atoms with E-state index in [1.165, 1.54) is 7.11 Å². The molecule has 19 heavy (non-hydrogen) atoms. The van der Waals surface area contributed by atoms with Crippen molar-refractivity contribution in [3.8, 4) is 0 Å². The number of carbonyl (C=O) groups is 3. The van der Waals surface area contributed by atoms with Crippen molar-refractivity contribution >= 4 is 17.7 Å². The lowest BCUT2D eigenvalue weighted by molar-refractivity contribution is -0.156. The van der Waals surface area contributed by atoms with Crippen LogP contribution in [-0.4, -0.2) is 31.3 Å². The van der Waals surface area contributed by atoms with E-state index < -0.39 is 17.8 Å². The maximum atomic E-state index is 12.2. The number of carbonyl (C=O) groups excluding carboxylic acids is 3. The molecule has 1 N–H and O–H groups in total. The summed E-state index contributed by atoms with van der Waals surface area (Å²) >= 11 is 0. The first-order valence-corrected chi connectivity index (χ1v) is 6.06. The summed E-state index contributed by atoms with van der Waals surface area (Å²) in [6, 6.07) is 9.50. The monoisotopic (exact) mass is 261 g/mol. The molecule has 1 amide bonds. The SMILES string of the molecule is COC(=O)C1C(=O)NCC(Cc2ccccc2)C1=O. The predicted molar refractivity (Wildman–Crippen MR) is 67.2 cm³/mol. The molecule has 1 aliphatic rings. The normalized spacial score (nSPS) is 22.8. The zero-order valence-corrected chi connectivity index (χ0v) is 10.6. The largest absolute Gasteiger partial charge is 0.468 e. The van der Waals surface area contributed by atoms with Gasteiger partial charge in [0.15, 0.2) is 11.7 Å². The van der Waals surface area contributed by atoms with Gasteiger partial charge in [-0.25, -0.2) is 0 Å². The number of ketones is 1. The summed E-state index contributed by atoms with van der Waals surface area (Å²) in [4.78, 5) is 35.2. The van der Waals surface area contributed by atoms with Crippen molar-refractivity contribution in [3.63, 3.8) is 0 Å². The smallest absolute Gasteiger partial charge is 0.325 e. The van der Waals surface area contributed by atoms with Gasteiger partial charge in [-0.15, -0.1) is 0 Å². The molecule has 2 unspecified atom stereocenters. The lowest BCUT2D eigenvalue weighted by atomic mass is 9.84. The van der Waals surface area contributed by atoms with Crippen molar-refractivity contribution in [3.05, 3.63) is 35.9 Å². The number of ether oxygens (including phenoxy) is 1. The lowest BCUT2D eigenvalue weighted by Crippen LogP contribution is -2.52. The molecule has 0 aromatic heterocycles. The maximum Gasteiger partial charge on any atom is 0.325 e. The molecular formula is C14H15NO4. The number of benzene rings is 1. The fourth-order valence-corrected chi connectivity index (χ4v) is 2.20. The molecule has 1 fully saturated rings. The summed E-state index contributed by atoms with van der Waals surface area (Å²) in [7, 11) is 1.17. The number of rotatable bonds is 3. The van der Waals surface area contributed by atoms with Gasteiger partial charge in [-0.1, -0.05) is 30.3 Å². The molecule has 1 aliphatic heterocycles. The highest BCUT2D eigenvalue weighted by Crippen LogP contribution is 2.19. The molecule has 2 rings (SSSR count). The molecule has 1 saturated heterocycles. The fourth-order valence-electron chi connectivity index (χ4n) is 2.20. The second-order valence-electron chi connectivity index (χ2n) is 4.49. The molecule has 100 valence electrons. The zero-order chi connectivity index (χ0) is 13.8. The first kappa shape index (κ1) is 13.3. The van der Waals surface area contributed by atoms with Crippen LogP contribution in [0.1, 0.15) is 5.56 Å². The van der Waals surface area contributed by atoms with Crippen LogP contribution >= 0.6 is 0 Å². The molecule has 1 aromatic carbocycles. The van der Waals surface area contributed by atoms with E-state index >= 15 is 0 Å². The first-order valence-electron chi connectivity index (χ1n) is 6.06. The summed E-state index contributed by atoms with van der Waals surface area (Å²) in [5.41, 5.74) is 1.00. The van der Waals surface area contributed by atoms with Gasteiger partial charge in [-0.2, -0.15) is 0 Å². The Balaban J connectivity index is 2.13. The van der Waals surface area contributed by atoms with E-state index in [0.29, 0.717) is 6.42 Å². The molecule has 2 atom stereocenters. The highest BCUT2D eigenvalue weighted by molar-refractivity contribution is 6.18. The van der Waals surface area contributed by atoms with Gasteiger partial charge in [-0.3, -0.25) is 14.4 Å². The third-order valence-corrected chi connectivity index (χ3v) is 3.23. The van der Waals surface area contributed by atoms with Gasteiger partial charge in [0.1, 0.15) is 0 Å². The Bertz CT molecular complexity index is 489. The van der Waals surface area contributed by atoms with E-state index in [2.05, 4.69) is 10.1 Å². The number of amides is 1. The minimum Gasteiger partial charge on any atom is -0.468 e. The van der Waals surface area contributed by atoms with Gasteiger partial charge in [0.05, 0.1) is 7.11 Å².